The smallest absolute Gasteiger partial charge is 0.336 e. The summed E-state index contributed by atoms with van der Waals surface area (Å²) in [7, 11) is 0. The molecule has 0 saturated carbocycles. The number of carbonyl (C=O) groups excluding carboxylic acids is 2. The summed E-state index contributed by atoms with van der Waals surface area (Å²) in [5.41, 5.74) is 4.26. The fraction of sp³-hybridized carbons (Fsp3) is 0.129. The summed E-state index contributed by atoms with van der Waals surface area (Å²) in [6.45, 7) is 4.04. The van der Waals surface area contributed by atoms with Crippen LogP contribution in [0, 0.1) is 6.92 Å². The standard InChI is InChI=1S/C31H28N2O4S/c1-3-21-14-9-11-20(2)27(21)33-30(35)28(22-12-5-4-6-13-22)38-24-16-10-15-23(19-24)32-29(34)25-17-7-8-18-26(25)31(36)37/h4-19,28H,3H2,1-2H3,(H,32,34)(H,33,35)(H,36,37). The second-order valence-electron chi connectivity index (χ2n) is 8.69. The summed E-state index contributed by atoms with van der Waals surface area (Å²) >= 11 is 1.38. The zero-order valence-corrected chi connectivity index (χ0v) is 21.9. The van der Waals surface area contributed by atoms with Gasteiger partial charge in [0, 0.05) is 16.3 Å². The van der Waals surface area contributed by atoms with Crippen molar-refractivity contribution in [2.45, 2.75) is 30.4 Å². The van der Waals surface area contributed by atoms with Crippen molar-refractivity contribution in [3.05, 3.63) is 125 Å². The topological polar surface area (TPSA) is 95.5 Å². The molecule has 38 heavy (non-hydrogen) atoms. The van der Waals surface area contributed by atoms with Gasteiger partial charge in [-0.25, -0.2) is 4.79 Å². The Kier molecular flexibility index (Phi) is 8.61. The zero-order chi connectivity index (χ0) is 27.1. The lowest BCUT2D eigenvalue weighted by molar-refractivity contribution is -0.115. The maximum absolute atomic E-state index is 13.6. The maximum Gasteiger partial charge on any atom is 0.336 e. The number of nitrogens with one attached hydrogen (secondary N) is 2. The van der Waals surface area contributed by atoms with E-state index in [9.17, 15) is 19.5 Å². The first-order valence-electron chi connectivity index (χ1n) is 12.2. The number of anilines is 2. The molecule has 0 aromatic heterocycles. The fourth-order valence-corrected chi connectivity index (χ4v) is 5.22. The molecule has 3 N–H and O–H groups in total. The third-order valence-electron chi connectivity index (χ3n) is 6.08. The van der Waals surface area contributed by atoms with Gasteiger partial charge in [0.2, 0.25) is 5.91 Å². The van der Waals surface area contributed by atoms with E-state index in [0.717, 1.165) is 33.7 Å². The van der Waals surface area contributed by atoms with E-state index < -0.39 is 17.1 Å². The first-order chi connectivity index (χ1) is 18.4. The van der Waals surface area contributed by atoms with Crippen molar-refractivity contribution in [3.8, 4) is 0 Å². The van der Waals surface area contributed by atoms with Crippen LogP contribution in [-0.2, 0) is 11.2 Å². The summed E-state index contributed by atoms with van der Waals surface area (Å²) in [5.74, 6) is -1.83. The van der Waals surface area contributed by atoms with Crippen molar-refractivity contribution in [2.75, 3.05) is 10.6 Å². The van der Waals surface area contributed by atoms with Crippen LogP contribution in [-0.4, -0.2) is 22.9 Å². The van der Waals surface area contributed by atoms with Gasteiger partial charge in [-0.2, -0.15) is 0 Å². The lowest BCUT2D eigenvalue weighted by Gasteiger charge is -2.20. The van der Waals surface area contributed by atoms with Crippen LogP contribution in [0.3, 0.4) is 0 Å². The van der Waals surface area contributed by atoms with E-state index in [1.807, 2.05) is 61.5 Å². The number of rotatable bonds is 9. The molecule has 0 heterocycles. The number of aromatic carboxylic acids is 1. The Hall–Kier alpha value is -4.36. The molecule has 2 amide bonds. The summed E-state index contributed by atoms with van der Waals surface area (Å²) in [4.78, 5) is 38.8. The average molecular weight is 525 g/mol. The molecule has 4 rings (SSSR count). The highest BCUT2D eigenvalue weighted by molar-refractivity contribution is 8.00. The third-order valence-corrected chi connectivity index (χ3v) is 7.32. The summed E-state index contributed by atoms with van der Waals surface area (Å²) in [5, 5.41) is 14.8. The van der Waals surface area contributed by atoms with Gasteiger partial charge in [-0.15, -0.1) is 11.8 Å². The number of amides is 2. The highest BCUT2D eigenvalue weighted by Gasteiger charge is 2.24. The maximum atomic E-state index is 13.6. The van der Waals surface area contributed by atoms with Crippen LogP contribution in [0.5, 0.6) is 0 Å². The molecule has 0 radical (unpaired) electrons. The minimum Gasteiger partial charge on any atom is -0.478 e. The van der Waals surface area contributed by atoms with E-state index in [-0.39, 0.29) is 17.0 Å². The lowest BCUT2D eigenvalue weighted by Crippen LogP contribution is -2.20. The van der Waals surface area contributed by atoms with Gasteiger partial charge in [-0.05, 0) is 60.4 Å². The molecular weight excluding hydrogens is 496 g/mol. The molecule has 0 saturated heterocycles. The number of benzene rings is 4. The fourth-order valence-electron chi connectivity index (χ4n) is 4.14. The Balaban J connectivity index is 1.59. The van der Waals surface area contributed by atoms with Gasteiger partial charge in [0.05, 0.1) is 11.1 Å². The largest absolute Gasteiger partial charge is 0.478 e. The molecular formula is C31H28N2O4S. The molecule has 0 aliphatic carbocycles. The van der Waals surface area contributed by atoms with Crippen LogP contribution in [0.1, 0.15) is 49.6 Å². The number of carbonyl (C=O) groups is 3. The van der Waals surface area contributed by atoms with Crippen LogP contribution >= 0.6 is 11.8 Å². The molecule has 7 heteroatoms. The summed E-state index contributed by atoms with van der Waals surface area (Å²) in [6.07, 6.45) is 0.799. The molecule has 1 unspecified atom stereocenters. The molecule has 0 spiro atoms. The second kappa shape index (κ2) is 12.3. The third kappa shape index (κ3) is 6.30. The predicted octanol–water partition coefficient (Wildman–Crippen LogP) is 6.98. The molecule has 4 aromatic carbocycles. The average Bonchev–Trinajstić information content (AvgIpc) is 2.93. The Bertz CT molecular complexity index is 1470. The molecule has 0 aliphatic rings. The van der Waals surface area contributed by atoms with Crippen molar-refractivity contribution in [1.82, 2.24) is 0 Å². The minimum absolute atomic E-state index is 0.0704. The number of hydrogen-bond acceptors (Lipinski definition) is 4. The molecule has 0 bridgehead atoms. The number of hydrogen-bond donors (Lipinski definition) is 3. The molecule has 0 aliphatic heterocycles. The van der Waals surface area contributed by atoms with Crippen molar-refractivity contribution >= 4 is 40.9 Å². The molecule has 0 fully saturated rings. The van der Waals surface area contributed by atoms with Gasteiger partial charge < -0.3 is 15.7 Å². The van der Waals surface area contributed by atoms with Crippen molar-refractivity contribution in [3.63, 3.8) is 0 Å². The van der Waals surface area contributed by atoms with E-state index in [2.05, 4.69) is 17.6 Å². The van der Waals surface area contributed by atoms with Crippen molar-refractivity contribution in [2.24, 2.45) is 0 Å². The highest BCUT2D eigenvalue weighted by atomic mass is 32.2. The number of carboxylic acid groups (broad SMARTS) is 1. The molecule has 1 atom stereocenters. The Morgan fingerprint density at radius 2 is 1.50 bits per heavy atom. The van der Waals surface area contributed by atoms with E-state index in [1.54, 1.807) is 30.3 Å². The van der Waals surface area contributed by atoms with Gasteiger partial charge >= 0.3 is 5.97 Å². The Morgan fingerprint density at radius 1 is 0.816 bits per heavy atom. The number of aryl methyl sites for hydroxylation is 2. The van der Waals surface area contributed by atoms with E-state index in [0.29, 0.717) is 5.69 Å². The van der Waals surface area contributed by atoms with Crippen molar-refractivity contribution < 1.29 is 19.5 Å². The van der Waals surface area contributed by atoms with E-state index >= 15 is 0 Å². The van der Waals surface area contributed by atoms with Gasteiger partial charge in [-0.1, -0.05) is 73.7 Å². The molecule has 6 nitrogen and oxygen atoms in total. The van der Waals surface area contributed by atoms with Gasteiger partial charge in [0.25, 0.3) is 5.91 Å². The monoisotopic (exact) mass is 524 g/mol. The van der Waals surface area contributed by atoms with Crippen LogP contribution < -0.4 is 10.6 Å². The first-order valence-corrected chi connectivity index (χ1v) is 13.1. The molecule has 192 valence electrons. The van der Waals surface area contributed by atoms with Crippen LogP contribution in [0.25, 0.3) is 0 Å². The summed E-state index contributed by atoms with van der Waals surface area (Å²) < 4.78 is 0. The highest BCUT2D eigenvalue weighted by Crippen LogP contribution is 2.38. The van der Waals surface area contributed by atoms with Crippen LogP contribution in [0.2, 0.25) is 0 Å². The molecule has 4 aromatic rings. The number of para-hydroxylation sites is 1. The van der Waals surface area contributed by atoms with Crippen molar-refractivity contribution in [1.29, 1.82) is 0 Å². The minimum atomic E-state index is -1.17. The predicted molar refractivity (Wildman–Crippen MR) is 152 cm³/mol. The Morgan fingerprint density at radius 3 is 2.21 bits per heavy atom. The normalized spacial score (nSPS) is 11.4. The van der Waals surface area contributed by atoms with Gasteiger partial charge in [-0.3, -0.25) is 9.59 Å². The number of carboxylic acids is 1. The van der Waals surface area contributed by atoms with Gasteiger partial charge in [0.1, 0.15) is 5.25 Å². The second-order valence-corrected chi connectivity index (χ2v) is 9.87. The summed E-state index contributed by atoms with van der Waals surface area (Å²) in [6, 6.07) is 28.8. The van der Waals surface area contributed by atoms with Gasteiger partial charge in [0.15, 0.2) is 0 Å². The van der Waals surface area contributed by atoms with E-state index in [1.165, 1.54) is 23.9 Å². The lowest BCUT2D eigenvalue weighted by atomic mass is 10.1. The van der Waals surface area contributed by atoms with Crippen LogP contribution in [0.15, 0.2) is 102 Å². The number of thioether (sulfide) groups is 1. The zero-order valence-electron chi connectivity index (χ0n) is 21.1. The van der Waals surface area contributed by atoms with Crippen LogP contribution in [0.4, 0.5) is 11.4 Å². The quantitative estimate of drug-likeness (QED) is 0.205. The Labute approximate surface area is 226 Å². The first kappa shape index (κ1) is 26.7. The SMILES string of the molecule is CCc1cccc(C)c1NC(=O)C(Sc1cccc(NC(=O)c2ccccc2C(=O)O)c1)c1ccccc1. The van der Waals surface area contributed by atoms with E-state index in [4.69, 9.17) is 0 Å².